The third-order valence-corrected chi connectivity index (χ3v) is 8.59. The summed E-state index contributed by atoms with van der Waals surface area (Å²) in [6.07, 6.45) is 1.78. The van der Waals surface area contributed by atoms with Crippen molar-refractivity contribution in [2.24, 2.45) is 4.99 Å². The van der Waals surface area contributed by atoms with E-state index in [4.69, 9.17) is 9.47 Å². The molecule has 2 heterocycles. The zero-order valence-corrected chi connectivity index (χ0v) is 25.5. The summed E-state index contributed by atoms with van der Waals surface area (Å²) in [6.45, 7) is 3.69. The fourth-order valence-electron chi connectivity index (χ4n) is 3.78. The van der Waals surface area contributed by atoms with Crippen molar-refractivity contribution in [3.05, 3.63) is 84.0 Å². The Morgan fingerprint density at radius 2 is 1.97 bits per heavy atom. The normalized spacial score (nSPS) is 15.6. The summed E-state index contributed by atoms with van der Waals surface area (Å²) in [4.78, 5) is 31.8. The molecular weight excluding hydrogens is 762 g/mol. The van der Waals surface area contributed by atoms with Crippen LogP contribution in [0.4, 0.5) is 0 Å². The van der Waals surface area contributed by atoms with E-state index in [2.05, 4.69) is 66.1 Å². The molecular formula is C24H19BrI2N2O5S. The highest BCUT2D eigenvalue weighted by Crippen LogP contribution is 2.35. The third-order valence-electron chi connectivity index (χ3n) is 5.35. The molecule has 0 radical (unpaired) electrons. The maximum Gasteiger partial charge on any atom is 0.338 e. The lowest BCUT2D eigenvalue weighted by Gasteiger charge is -2.25. The Morgan fingerprint density at radius 1 is 1.29 bits per heavy atom. The highest BCUT2D eigenvalue weighted by Gasteiger charge is 2.33. The molecule has 7 nitrogen and oxygen atoms in total. The van der Waals surface area contributed by atoms with Crippen LogP contribution in [-0.2, 0) is 9.53 Å². The molecule has 0 spiro atoms. The standard InChI is InChI=1S/C24H19BrI2N2O5S/c1-4-34-23(32)19-11(2)28-24-29(20(19)13-5-6-17(33-3)14(25)10-13)22(31)18(35-24)9-12-7-15(26)21(30)16(27)8-12/h5-10,20,30H,4H2,1-3H3/b18-9+/t20-/m0/s1. The lowest BCUT2D eigenvalue weighted by atomic mass is 9.96. The Morgan fingerprint density at radius 3 is 2.57 bits per heavy atom. The second-order valence-electron chi connectivity index (χ2n) is 7.53. The lowest BCUT2D eigenvalue weighted by Crippen LogP contribution is -2.40. The molecule has 1 N–H and O–H groups in total. The maximum absolute atomic E-state index is 13.7. The van der Waals surface area contributed by atoms with Crippen LogP contribution in [0.2, 0.25) is 0 Å². The van der Waals surface area contributed by atoms with Gasteiger partial charge in [-0.15, -0.1) is 0 Å². The number of carbonyl (C=O) groups excluding carboxylic acids is 1. The van der Waals surface area contributed by atoms with E-state index in [9.17, 15) is 14.7 Å². The van der Waals surface area contributed by atoms with E-state index >= 15 is 0 Å². The number of allylic oxidation sites excluding steroid dienone is 1. The molecule has 11 heteroatoms. The quantitative estimate of drug-likeness (QED) is 0.305. The largest absolute Gasteiger partial charge is 0.506 e. The van der Waals surface area contributed by atoms with Crippen LogP contribution in [0.3, 0.4) is 0 Å². The molecule has 0 aliphatic carbocycles. The molecule has 0 saturated carbocycles. The molecule has 1 aromatic heterocycles. The Bertz CT molecular complexity index is 1540. The molecule has 0 amide bonds. The second-order valence-corrected chi connectivity index (χ2v) is 11.7. The van der Waals surface area contributed by atoms with Crippen LogP contribution in [0, 0.1) is 7.14 Å². The summed E-state index contributed by atoms with van der Waals surface area (Å²) in [7, 11) is 1.57. The van der Waals surface area contributed by atoms with Crippen LogP contribution < -0.4 is 19.6 Å². The number of benzene rings is 2. The van der Waals surface area contributed by atoms with E-state index in [-0.39, 0.29) is 17.9 Å². The Kier molecular flexibility index (Phi) is 8.08. The van der Waals surface area contributed by atoms with E-state index in [1.54, 1.807) is 37.7 Å². The van der Waals surface area contributed by atoms with Crippen molar-refractivity contribution in [2.45, 2.75) is 19.9 Å². The summed E-state index contributed by atoms with van der Waals surface area (Å²) in [5.74, 6) is 0.336. The number of halogens is 3. The van der Waals surface area contributed by atoms with Crippen molar-refractivity contribution in [2.75, 3.05) is 13.7 Å². The zero-order valence-electron chi connectivity index (χ0n) is 18.8. The van der Waals surface area contributed by atoms with Gasteiger partial charge in [0, 0.05) is 0 Å². The van der Waals surface area contributed by atoms with Gasteiger partial charge in [-0.25, -0.2) is 9.79 Å². The summed E-state index contributed by atoms with van der Waals surface area (Å²) in [5, 5.41) is 10.1. The Hall–Kier alpha value is -1.71. The molecule has 35 heavy (non-hydrogen) atoms. The Balaban J connectivity index is 1.97. The zero-order chi connectivity index (χ0) is 25.4. The van der Waals surface area contributed by atoms with Crippen LogP contribution in [0.15, 0.2) is 55.9 Å². The van der Waals surface area contributed by atoms with Gasteiger partial charge in [0.2, 0.25) is 0 Å². The number of ether oxygens (including phenoxy) is 2. The van der Waals surface area contributed by atoms with Crippen molar-refractivity contribution >= 4 is 84.5 Å². The Labute approximate surface area is 240 Å². The van der Waals surface area contributed by atoms with Crippen molar-refractivity contribution in [1.29, 1.82) is 0 Å². The van der Waals surface area contributed by atoms with Crippen LogP contribution in [-0.4, -0.2) is 29.4 Å². The van der Waals surface area contributed by atoms with Gasteiger partial charge in [-0.05, 0) is 116 Å². The number of hydrogen-bond donors (Lipinski definition) is 1. The fourth-order valence-corrected chi connectivity index (χ4v) is 7.20. The van der Waals surface area contributed by atoms with E-state index < -0.39 is 12.0 Å². The number of fused-ring (bicyclic) bond motifs is 1. The summed E-state index contributed by atoms with van der Waals surface area (Å²) >= 11 is 8.88. The molecule has 182 valence electrons. The number of phenolic OH excluding ortho intramolecular Hbond substituents is 1. The predicted octanol–water partition coefficient (Wildman–Crippen LogP) is 4.48. The number of thiazole rings is 1. The first-order valence-electron chi connectivity index (χ1n) is 10.4. The SMILES string of the molecule is CCOC(=O)C1=C(C)N=c2s/c(=C/c3cc(I)c(O)c(I)c3)c(=O)n2[C@H]1c1ccc(OC)c(Br)c1. The van der Waals surface area contributed by atoms with Gasteiger partial charge in [0.05, 0.1) is 47.2 Å². The molecule has 1 aliphatic rings. The minimum absolute atomic E-state index is 0.206. The number of carbonyl (C=O) groups is 1. The van der Waals surface area contributed by atoms with E-state index in [0.29, 0.717) is 38.0 Å². The van der Waals surface area contributed by atoms with E-state index in [1.165, 1.54) is 11.3 Å². The van der Waals surface area contributed by atoms with Gasteiger partial charge in [-0.3, -0.25) is 9.36 Å². The molecule has 0 bridgehead atoms. The van der Waals surface area contributed by atoms with Crippen LogP contribution in [0.1, 0.15) is 31.0 Å². The molecule has 1 atom stereocenters. The highest BCUT2D eigenvalue weighted by atomic mass is 127. The van der Waals surface area contributed by atoms with Crippen molar-refractivity contribution in [1.82, 2.24) is 4.57 Å². The highest BCUT2D eigenvalue weighted by molar-refractivity contribution is 14.1. The smallest absolute Gasteiger partial charge is 0.338 e. The average molecular weight is 781 g/mol. The number of esters is 1. The average Bonchev–Trinajstić information content (AvgIpc) is 3.10. The maximum atomic E-state index is 13.7. The molecule has 3 aromatic rings. The van der Waals surface area contributed by atoms with Crippen molar-refractivity contribution in [3.8, 4) is 11.5 Å². The molecule has 0 unspecified atom stereocenters. The minimum atomic E-state index is -0.713. The summed E-state index contributed by atoms with van der Waals surface area (Å²) in [5.41, 5.74) is 2.06. The summed E-state index contributed by atoms with van der Waals surface area (Å²) in [6, 6.07) is 8.35. The van der Waals surface area contributed by atoms with Gasteiger partial charge in [-0.1, -0.05) is 17.4 Å². The number of aromatic nitrogens is 1. The van der Waals surface area contributed by atoms with Gasteiger partial charge in [0.25, 0.3) is 5.56 Å². The van der Waals surface area contributed by atoms with Gasteiger partial charge < -0.3 is 14.6 Å². The first-order valence-corrected chi connectivity index (χ1v) is 14.1. The van der Waals surface area contributed by atoms with Crippen molar-refractivity contribution < 1.29 is 19.4 Å². The number of rotatable bonds is 5. The lowest BCUT2D eigenvalue weighted by molar-refractivity contribution is -0.139. The third kappa shape index (κ3) is 5.09. The topological polar surface area (TPSA) is 90.1 Å². The number of methoxy groups -OCH3 is 1. The first kappa shape index (κ1) is 26.4. The van der Waals surface area contributed by atoms with Gasteiger partial charge >= 0.3 is 5.97 Å². The van der Waals surface area contributed by atoms with Crippen LogP contribution in [0.25, 0.3) is 6.08 Å². The second kappa shape index (κ2) is 10.7. The number of aromatic hydroxyl groups is 1. The monoisotopic (exact) mass is 780 g/mol. The van der Waals surface area contributed by atoms with Gasteiger partial charge in [-0.2, -0.15) is 0 Å². The minimum Gasteiger partial charge on any atom is -0.506 e. The van der Waals surface area contributed by atoms with E-state index in [1.807, 2.05) is 24.3 Å². The van der Waals surface area contributed by atoms with Crippen LogP contribution >= 0.6 is 72.4 Å². The van der Waals surface area contributed by atoms with E-state index in [0.717, 1.165) is 11.1 Å². The molecule has 4 rings (SSSR count). The molecule has 1 aliphatic heterocycles. The van der Waals surface area contributed by atoms with Crippen molar-refractivity contribution in [3.63, 3.8) is 0 Å². The predicted molar refractivity (Wildman–Crippen MR) is 155 cm³/mol. The molecule has 0 saturated heterocycles. The van der Waals surface area contributed by atoms with Gasteiger partial charge in [0.15, 0.2) is 4.80 Å². The molecule has 0 fully saturated rings. The number of phenols is 1. The number of nitrogens with zero attached hydrogens (tertiary/aromatic N) is 2. The first-order chi connectivity index (χ1) is 16.7. The number of hydrogen-bond acceptors (Lipinski definition) is 7. The van der Waals surface area contributed by atoms with Crippen LogP contribution in [0.5, 0.6) is 11.5 Å². The summed E-state index contributed by atoms with van der Waals surface area (Å²) < 4.78 is 14.8. The van der Waals surface area contributed by atoms with Gasteiger partial charge in [0.1, 0.15) is 11.5 Å². The fraction of sp³-hybridized carbons (Fsp3) is 0.208. The molecule has 2 aromatic carbocycles.